The summed E-state index contributed by atoms with van der Waals surface area (Å²) in [7, 11) is 2.04. The quantitative estimate of drug-likeness (QED) is 0.248. The molecule has 5 rings (SSSR count). The number of nitrogens with two attached hydrogens (primary N) is 1. The fourth-order valence-corrected chi connectivity index (χ4v) is 5.19. The van der Waals surface area contributed by atoms with Crippen LogP contribution in [0.4, 0.5) is 22.7 Å². The molecule has 2 unspecified atom stereocenters. The van der Waals surface area contributed by atoms with Crippen LogP contribution in [0.25, 0.3) is 0 Å². The molecule has 2 atom stereocenters. The van der Waals surface area contributed by atoms with Crippen molar-refractivity contribution in [2.24, 2.45) is 17.8 Å². The number of benzene rings is 2. The second kappa shape index (κ2) is 12.4. The van der Waals surface area contributed by atoms with Gasteiger partial charge in [0.15, 0.2) is 0 Å². The number of nitrogens with zero attached hydrogens (tertiary/aromatic N) is 5. The van der Waals surface area contributed by atoms with Crippen molar-refractivity contribution in [3.8, 4) is 0 Å². The maximum absolute atomic E-state index is 10.6. The lowest BCUT2D eigenvalue weighted by Gasteiger charge is -2.24. The molecule has 1 aromatic heterocycles. The summed E-state index contributed by atoms with van der Waals surface area (Å²) in [4.78, 5) is 8.98. The van der Waals surface area contributed by atoms with Crippen molar-refractivity contribution in [1.82, 2.24) is 4.57 Å². The summed E-state index contributed by atoms with van der Waals surface area (Å²) in [6.45, 7) is 2.87. The predicted molar refractivity (Wildman–Crippen MR) is 158 cm³/mol. The van der Waals surface area contributed by atoms with Gasteiger partial charge in [-0.3, -0.25) is 0 Å². The van der Waals surface area contributed by atoms with Gasteiger partial charge in [-0.15, -0.1) is 0 Å². The molecule has 40 heavy (non-hydrogen) atoms. The second-order valence-corrected chi connectivity index (χ2v) is 10.2. The molecule has 2 heterocycles. The van der Waals surface area contributed by atoms with Crippen LogP contribution in [0.5, 0.6) is 0 Å². The number of hydrogen-bond donors (Lipinski definition) is 5. The molecule has 0 bridgehead atoms. The summed E-state index contributed by atoms with van der Waals surface area (Å²) in [6.07, 6.45) is 10.8. The third-order valence-corrected chi connectivity index (χ3v) is 7.35. The molecule has 1 saturated heterocycles. The summed E-state index contributed by atoms with van der Waals surface area (Å²) >= 11 is 0. The molecule has 210 valence electrons. The van der Waals surface area contributed by atoms with Crippen LogP contribution >= 0.6 is 0 Å². The third-order valence-electron chi connectivity index (χ3n) is 7.35. The standard InChI is InChI=1S/C30H37N7O3/c1-34-12-13-37(21-34)26-10-11-36(20-26)25-8-4-23(5-9-25)33-29-19-28(27(31)18-30(29)40)32-22-2-6-24(7-3-22)35(14-16-38)15-17-39/h2-9,12-13,18-19,21,26-27,38-39H,10-11,14-17,20,31H2,1H3,(H-,32,33,40)/p+1. The van der Waals surface area contributed by atoms with Crippen LogP contribution in [0.15, 0.2) is 95.9 Å². The fourth-order valence-electron chi connectivity index (χ4n) is 5.19. The Hall–Kier alpha value is -4.12. The summed E-state index contributed by atoms with van der Waals surface area (Å²) in [6, 6.07) is 15.7. The average molecular weight is 545 g/mol. The van der Waals surface area contributed by atoms with Gasteiger partial charge in [0, 0.05) is 48.8 Å². The molecule has 0 saturated carbocycles. The summed E-state index contributed by atoms with van der Waals surface area (Å²) in [5.41, 5.74) is 11.1. The molecular formula is C30H38N7O3+. The topological polar surface area (TPSA) is 126 Å². The molecular weight excluding hydrogens is 506 g/mol. The first kappa shape index (κ1) is 27.4. The van der Waals surface area contributed by atoms with Crippen LogP contribution < -0.4 is 25.4 Å². The number of rotatable bonds is 10. The Morgan fingerprint density at radius 2 is 1.80 bits per heavy atom. The van der Waals surface area contributed by atoms with Crippen LogP contribution in [0, 0.1) is 0 Å². The smallest absolute Gasteiger partial charge is 0.243 e. The molecule has 3 aromatic rings. The Morgan fingerprint density at radius 3 is 2.45 bits per heavy atom. The van der Waals surface area contributed by atoms with Crippen molar-refractivity contribution < 1.29 is 19.9 Å². The molecule has 0 spiro atoms. The number of imidazole rings is 1. The highest BCUT2D eigenvalue weighted by molar-refractivity contribution is 6.09. The van der Waals surface area contributed by atoms with Crippen LogP contribution in [-0.4, -0.2) is 71.0 Å². The highest BCUT2D eigenvalue weighted by atomic mass is 16.3. The number of aryl methyl sites for hydroxylation is 1. The van der Waals surface area contributed by atoms with E-state index in [0.717, 1.165) is 42.3 Å². The van der Waals surface area contributed by atoms with E-state index in [1.54, 1.807) is 12.2 Å². The van der Waals surface area contributed by atoms with Crippen molar-refractivity contribution in [2.75, 3.05) is 54.5 Å². The molecule has 1 aliphatic carbocycles. The summed E-state index contributed by atoms with van der Waals surface area (Å²) in [5.74, 6) is 0.0448. The van der Waals surface area contributed by atoms with Gasteiger partial charge in [-0.1, -0.05) is 0 Å². The van der Waals surface area contributed by atoms with Gasteiger partial charge in [0.25, 0.3) is 0 Å². The van der Waals surface area contributed by atoms with E-state index in [0.29, 0.717) is 30.5 Å². The first-order valence-corrected chi connectivity index (χ1v) is 13.6. The number of aliphatic hydroxyl groups is 3. The molecule has 10 nitrogen and oxygen atoms in total. The van der Waals surface area contributed by atoms with Crippen molar-refractivity contribution in [3.05, 3.63) is 90.9 Å². The fraction of sp³-hybridized carbons (Fsp3) is 0.333. The minimum atomic E-state index is -0.508. The Balaban J connectivity index is 1.26. The highest BCUT2D eigenvalue weighted by Crippen LogP contribution is 2.29. The molecule has 0 radical (unpaired) electrons. The van der Waals surface area contributed by atoms with E-state index in [9.17, 15) is 15.3 Å². The Labute approximate surface area is 234 Å². The van der Waals surface area contributed by atoms with E-state index < -0.39 is 6.04 Å². The van der Waals surface area contributed by atoms with Gasteiger partial charge in [0.2, 0.25) is 6.33 Å². The zero-order valence-electron chi connectivity index (χ0n) is 22.8. The zero-order chi connectivity index (χ0) is 28.1. The van der Waals surface area contributed by atoms with Crippen LogP contribution in [0.3, 0.4) is 0 Å². The SMILES string of the molecule is C[n+]1ccn(C2CCN(c3ccc(N=C4C=C(Nc5ccc(N(CCO)CCO)cc5)C(N)C=C4O)cc3)C2)c1. The van der Waals surface area contributed by atoms with E-state index in [4.69, 9.17) is 5.73 Å². The molecule has 2 aromatic carbocycles. The predicted octanol–water partition coefficient (Wildman–Crippen LogP) is 2.41. The molecule has 1 aliphatic heterocycles. The molecule has 2 aliphatic rings. The molecule has 6 N–H and O–H groups in total. The van der Waals surface area contributed by atoms with E-state index in [1.165, 1.54) is 0 Å². The van der Waals surface area contributed by atoms with Gasteiger partial charge in [0.05, 0.1) is 38.5 Å². The van der Waals surface area contributed by atoms with E-state index in [1.807, 2.05) is 48.3 Å². The number of allylic oxidation sites excluding steroid dienone is 1. The first-order chi connectivity index (χ1) is 19.4. The number of aromatic nitrogens is 2. The normalized spacial score (nSPS) is 20.0. The molecule has 10 heteroatoms. The summed E-state index contributed by atoms with van der Waals surface area (Å²) < 4.78 is 4.34. The van der Waals surface area contributed by atoms with Gasteiger partial charge in [-0.2, -0.15) is 0 Å². The largest absolute Gasteiger partial charge is 0.506 e. The average Bonchev–Trinajstić information content (AvgIpc) is 3.62. The molecule has 1 fully saturated rings. The number of anilines is 3. The van der Waals surface area contributed by atoms with E-state index in [2.05, 4.69) is 55.2 Å². The first-order valence-electron chi connectivity index (χ1n) is 13.6. The Morgan fingerprint density at radius 1 is 1.07 bits per heavy atom. The van der Waals surface area contributed by atoms with Crippen molar-refractivity contribution >= 4 is 28.5 Å². The van der Waals surface area contributed by atoms with Gasteiger partial charge < -0.3 is 36.2 Å². The Bertz CT molecular complexity index is 1370. The van der Waals surface area contributed by atoms with Crippen LogP contribution in [0.1, 0.15) is 12.5 Å². The Kier molecular flexibility index (Phi) is 8.49. The van der Waals surface area contributed by atoms with E-state index >= 15 is 0 Å². The van der Waals surface area contributed by atoms with Gasteiger partial charge in [0.1, 0.15) is 29.9 Å². The number of aliphatic imine (C=N–C) groups is 1. The minimum Gasteiger partial charge on any atom is -0.506 e. The third kappa shape index (κ3) is 6.36. The summed E-state index contributed by atoms with van der Waals surface area (Å²) in [5, 5.41) is 32.5. The van der Waals surface area contributed by atoms with Crippen molar-refractivity contribution in [2.45, 2.75) is 18.5 Å². The minimum absolute atomic E-state index is 0.00848. The van der Waals surface area contributed by atoms with Crippen molar-refractivity contribution in [1.29, 1.82) is 0 Å². The number of nitrogens with one attached hydrogen (secondary N) is 1. The second-order valence-electron chi connectivity index (χ2n) is 10.2. The lowest BCUT2D eigenvalue weighted by molar-refractivity contribution is -0.671. The van der Waals surface area contributed by atoms with Crippen LogP contribution in [0.2, 0.25) is 0 Å². The highest BCUT2D eigenvalue weighted by Gasteiger charge is 2.27. The molecule has 0 amide bonds. The van der Waals surface area contributed by atoms with Crippen molar-refractivity contribution in [3.63, 3.8) is 0 Å². The van der Waals surface area contributed by atoms with E-state index in [-0.39, 0.29) is 19.0 Å². The van der Waals surface area contributed by atoms with Gasteiger partial charge in [-0.05, 0) is 60.7 Å². The maximum Gasteiger partial charge on any atom is 0.243 e. The van der Waals surface area contributed by atoms with Gasteiger partial charge in [-0.25, -0.2) is 14.1 Å². The lowest BCUT2D eigenvalue weighted by atomic mass is 10.0. The van der Waals surface area contributed by atoms with Gasteiger partial charge >= 0.3 is 0 Å². The van der Waals surface area contributed by atoms with Crippen LogP contribution in [-0.2, 0) is 7.05 Å². The monoisotopic (exact) mass is 544 g/mol. The zero-order valence-corrected chi connectivity index (χ0v) is 22.8. The maximum atomic E-state index is 10.6. The number of hydrogen-bond acceptors (Lipinski definition) is 8. The lowest BCUT2D eigenvalue weighted by Crippen LogP contribution is -2.30. The number of aliphatic hydroxyl groups excluding tert-OH is 3.